The molecule has 3 aromatic rings. The maximum Gasteiger partial charge on any atom is 0.124 e. The molecule has 0 bridgehead atoms. The Morgan fingerprint density at radius 1 is 1.14 bits per heavy atom. The molecule has 7 heteroatoms. The van der Waals surface area contributed by atoms with Crippen LogP contribution in [0.5, 0.6) is 0 Å². The van der Waals surface area contributed by atoms with E-state index >= 15 is 0 Å². The zero-order valence-corrected chi connectivity index (χ0v) is 17.0. The lowest BCUT2D eigenvalue weighted by molar-refractivity contribution is 0.167. The molecule has 150 valence electrons. The van der Waals surface area contributed by atoms with E-state index in [2.05, 4.69) is 57.9 Å². The molecule has 28 heavy (non-hydrogen) atoms. The van der Waals surface area contributed by atoms with Crippen molar-refractivity contribution in [1.29, 1.82) is 0 Å². The molecular formula is C21H30N6O. The van der Waals surface area contributed by atoms with E-state index in [0.29, 0.717) is 17.7 Å². The van der Waals surface area contributed by atoms with Crippen molar-refractivity contribution >= 4 is 11.0 Å². The second-order valence-corrected chi connectivity index (χ2v) is 8.33. The molecule has 0 spiro atoms. The number of piperidine rings is 1. The molecule has 0 unspecified atom stereocenters. The van der Waals surface area contributed by atoms with Crippen LogP contribution in [0.3, 0.4) is 0 Å². The molecule has 1 aliphatic rings. The van der Waals surface area contributed by atoms with Gasteiger partial charge in [-0.3, -0.25) is 4.90 Å². The highest BCUT2D eigenvalue weighted by Crippen LogP contribution is 2.25. The lowest BCUT2D eigenvalue weighted by Crippen LogP contribution is -2.35. The quantitative estimate of drug-likeness (QED) is 0.709. The van der Waals surface area contributed by atoms with Crippen molar-refractivity contribution in [1.82, 2.24) is 29.4 Å². The Labute approximate surface area is 166 Å². The highest BCUT2D eigenvalue weighted by molar-refractivity contribution is 5.75. The summed E-state index contributed by atoms with van der Waals surface area (Å²) in [5.74, 6) is 1.74. The molecule has 1 fully saturated rings. The topological polar surface area (TPSA) is 72.0 Å². The molecule has 1 N–H and O–H groups in total. The van der Waals surface area contributed by atoms with Crippen molar-refractivity contribution in [2.24, 2.45) is 5.92 Å². The number of imidazole rings is 1. The van der Waals surface area contributed by atoms with E-state index in [9.17, 15) is 5.11 Å². The Kier molecular flexibility index (Phi) is 5.46. The molecule has 0 amide bonds. The minimum atomic E-state index is -0.567. The van der Waals surface area contributed by atoms with Crippen molar-refractivity contribution in [2.45, 2.75) is 58.8 Å². The SMILES string of the molecule is CC(C)Cn1c(CN2CCC(n3cc([C@H](C)O)nn3)CC2)nc2ccccc21. The lowest BCUT2D eigenvalue weighted by atomic mass is 10.1. The molecular weight excluding hydrogens is 352 g/mol. The number of likely N-dealkylation sites (tertiary alicyclic amines) is 1. The van der Waals surface area contributed by atoms with Gasteiger partial charge >= 0.3 is 0 Å². The third-order valence-corrected chi connectivity index (χ3v) is 5.53. The van der Waals surface area contributed by atoms with Crippen molar-refractivity contribution in [2.75, 3.05) is 13.1 Å². The zero-order chi connectivity index (χ0) is 19.7. The third-order valence-electron chi connectivity index (χ3n) is 5.53. The molecule has 1 saturated heterocycles. The summed E-state index contributed by atoms with van der Waals surface area (Å²) >= 11 is 0. The van der Waals surface area contributed by atoms with Gasteiger partial charge < -0.3 is 9.67 Å². The van der Waals surface area contributed by atoms with Crippen LogP contribution in [0, 0.1) is 5.92 Å². The predicted molar refractivity (Wildman–Crippen MR) is 109 cm³/mol. The number of hydrogen-bond donors (Lipinski definition) is 1. The number of fused-ring (bicyclic) bond motifs is 1. The maximum absolute atomic E-state index is 9.66. The van der Waals surface area contributed by atoms with Gasteiger partial charge in [-0.25, -0.2) is 9.67 Å². The van der Waals surface area contributed by atoms with E-state index in [0.717, 1.165) is 50.4 Å². The van der Waals surface area contributed by atoms with Gasteiger partial charge in [-0.2, -0.15) is 0 Å². The summed E-state index contributed by atoms with van der Waals surface area (Å²) in [5.41, 5.74) is 2.96. The highest BCUT2D eigenvalue weighted by Gasteiger charge is 2.24. The van der Waals surface area contributed by atoms with E-state index in [4.69, 9.17) is 4.98 Å². The standard InChI is InChI=1S/C21H30N6O/c1-15(2)12-26-20-7-5-4-6-18(20)22-21(26)14-25-10-8-17(9-11-25)27-13-19(16(3)28)23-24-27/h4-7,13,15-17,28H,8-12,14H2,1-3H3/t16-/m0/s1. The number of hydrogen-bond acceptors (Lipinski definition) is 5. The van der Waals surface area contributed by atoms with Crippen LogP contribution in [0.4, 0.5) is 0 Å². The number of para-hydroxylation sites is 2. The second kappa shape index (κ2) is 8.01. The smallest absolute Gasteiger partial charge is 0.124 e. The van der Waals surface area contributed by atoms with Crippen LogP contribution in [0.25, 0.3) is 11.0 Å². The van der Waals surface area contributed by atoms with Gasteiger partial charge in [-0.1, -0.05) is 31.2 Å². The third kappa shape index (κ3) is 3.95. The van der Waals surface area contributed by atoms with Crippen LogP contribution in [0.2, 0.25) is 0 Å². The summed E-state index contributed by atoms with van der Waals surface area (Å²) in [7, 11) is 0. The van der Waals surface area contributed by atoms with Crippen LogP contribution in [-0.2, 0) is 13.1 Å². The van der Waals surface area contributed by atoms with E-state index in [1.807, 2.05) is 10.9 Å². The Bertz CT molecular complexity index is 920. The Morgan fingerprint density at radius 3 is 2.57 bits per heavy atom. The van der Waals surface area contributed by atoms with Crippen LogP contribution in [0.1, 0.15) is 57.3 Å². The van der Waals surface area contributed by atoms with E-state index in [-0.39, 0.29) is 0 Å². The first-order valence-electron chi connectivity index (χ1n) is 10.3. The predicted octanol–water partition coefficient (Wildman–Crippen LogP) is 3.17. The zero-order valence-electron chi connectivity index (χ0n) is 17.0. The molecule has 0 aliphatic carbocycles. The van der Waals surface area contributed by atoms with Crippen molar-refractivity contribution in [3.8, 4) is 0 Å². The number of nitrogens with zero attached hydrogens (tertiary/aromatic N) is 6. The number of benzene rings is 1. The minimum absolute atomic E-state index is 0.353. The van der Waals surface area contributed by atoms with Crippen LogP contribution >= 0.6 is 0 Å². The van der Waals surface area contributed by atoms with Gasteiger partial charge in [-0.15, -0.1) is 5.10 Å². The molecule has 0 saturated carbocycles. The fourth-order valence-corrected chi connectivity index (χ4v) is 4.02. The van der Waals surface area contributed by atoms with E-state index < -0.39 is 6.10 Å². The van der Waals surface area contributed by atoms with Gasteiger partial charge in [-0.05, 0) is 37.8 Å². The fourth-order valence-electron chi connectivity index (χ4n) is 4.02. The first-order valence-corrected chi connectivity index (χ1v) is 10.3. The number of aromatic nitrogens is 5. The van der Waals surface area contributed by atoms with E-state index in [1.165, 1.54) is 5.52 Å². The summed E-state index contributed by atoms with van der Waals surface area (Å²) < 4.78 is 4.31. The molecule has 1 atom stereocenters. The molecule has 0 radical (unpaired) electrons. The van der Waals surface area contributed by atoms with Gasteiger partial charge in [0.15, 0.2) is 0 Å². The van der Waals surface area contributed by atoms with Crippen LogP contribution in [-0.4, -0.2) is 47.6 Å². The monoisotopic (exact) mass is 382 g/mol. The highest BCUT2D eigenvalue weighted by atomic mass is 16.3. The van der Waals surface area contributed by atoms with Crippen LogP contribution in [0.15, 0.2) is 30.5 Å². The lowest BCUT2D eigenvalue weighted by Gasteiger charge is -2.31. The van der Waals surface area contributed by atoms with Gasteiger partial charge in [0, 0.05) is 19.6 Å². The average Bonchev–Trinajstić information content (AvgIpc) is 3.28. The normalized spacial score (nSPS) is 17.6. The summed E-state index contributed by atoms with van der Waals surface area (Å²) in [6, 6.07) is 8.78. The Balaban J connectivity index is 1.44. The molecule has 2 aromatic heterocycles. The first-order chi connectivity index (χ1) is 13.5. The summed E-state index contributed by atoms with van der Waals surface area (Å²) in [4.78, 5) is 7.41. The van der Waals surface area contributed by atoms with Gasteiger partial charge in [0.25, 0.3) is 0 Å². The minimum Gasteiger partial charge on any atom is -0.387 e. The maximum atomic E-state index is 9.66. The van der Waals surface area contributed by atoms with Crippen LogP contribution < -0.4 is 0 Å². The Hall–Kier alpha value is -2.25. The summed E-state index contributed by atoms with van der Waals surface area (Å²) in [5, 5.41) is 18.0. The molecule has 7 nitrogen and oxygen atoms in total. The molecule has 4 rings (SSSR count). The first kappa shape index (κ1) is 19.1. The van der Waals surface area contributed by atoms with Crippen molar-refractivity contribution in [3.63, 3.8) is 0 Å². The van der Waals surface area contributed by atoms with Crippen molar-refractivity contribution in [3.05, 3.63) is 42.0 Å². The fraction of sp³-hybridized carbons (Fsp3) is 0.571. The van der Waals surface area contributed by atoms with Gasteiger partial charge in [0.05, 0.1) is 35.9 Å². The van der Waals surface area contributed by atoms with Crippen molar-refractivity contribution < 1.29 is 5.11 Å². The molecule has 1 aromatic carbocycles. The number of aliphatic hydroxyl groups is 1. The van der Waals surface area contributed by atoms with Gasteiger partial charge in [0.1, 0.15) is 11.5 Å². The Morgan fingerprint density at radius 2 is 1.89 bits per heavy atom. The molecule has 1 aliphatic heterocycles. The second-order valence-electron chi connectivity index (χ2n) is 8.33. The van der Waals surface area contributed by atoms with Gasteiger partial charge in [0.2, 0.25) is 0 Å². The summed E-state index contributed by atoms with van der Waals surface area (Å²) in [6.07, 6.45) is 3.38. The van der Waals surface area contributed by atoms with E-state index in [1.54, 1.807) is 6.92 Å². The average molecular weight is 383 g/mol. The number of rotatable bonds is 6. The number of aliphatic hydroxyl groups excluding tert-OH is 1. The summed E-state index contributed by atoms with van der Waals surface area (Å²) in [6.45, 7) is 10.1. The largest absolute Gasteiger partial charge is 0.387 e. The molecule has 3 heterocycles.